The summed E-state index contributed by atoms with van der Waals surface area (Å²) in [6.45, 7) is 3.26. The van der Waals surface area contributed by atoms with Gasteiger partial charge in [-0.3, -0.25) is 9.59 Å². The van der Waals surface area contributed by atoms with E-state index in [-0.39, 0.29) is 17.7 Å². The first kappa shape index (κ1) is 17.2. The second kappa shape index (κ2) is 7.51. The fourth-order valence-corrected chi connectivity index (χ4v) is 3.22. The van der Waals surface area contributed by atoms with Crippen LogP contribution in [0.25, 0.3) is 0 Å². The maximum absolute atomic E-state index is 12.5. The Labute approximate surface area is 148 Å². The van der Waals surface area contributed by atoms with Crippen LogP contribution in [0, 0.1) is 0 Å². The van der Waals surface area contributed by atoms with Crippen molar-refractivity contribution in [2.75, 3.05) is 0 Å². The van der Waals surface area contributed by atoms with Crippen molar-refractivity contribution in [3.05, 3.63) is 65.2 Å². The number of carbonyl (C=O) groups excluding carboxylic acids is 2. The Balaban J connectivity index is 1.62. The molecular weight excluding hydrogens is 314 g/mol. The van der Waals surface area contributed by atoms with Gasteiger partial charge in [0.2, 0.25) is 0 Å². The van der Waals surface area contributed by atoms with Gasteiger partial charge in [-0.2, -0.15) is 0 Å². The largest absolute Gasteiger partial charge is 0.481 e. The maximum atomic E-state index is 12.5. The summed E-state index contributed by atoms with van der Waals surface area (Å²) in [4.78, 5) is 23.8. The van der Waals surface area contributed by atoms with Crippen LogP contribution >= 0.6 is 0 Å². The zero-order valence-electron chi connectivity index (χ0n) is 14.6. The lowest BCUT2D eigenvalue weighted by molar-refractivity contribution is -0.128. The molecule has 0 bridgehead atoms. The average molecular weight is 337 g/mol. The number of aryl methyl sites for hydroxylation is 1. The number of benzene rings is 2. The Morgan fingerprint density at radius 1 is 1.12 bits per heavy atom. The molecule has 0 heterocycles. The molecule has 0 spiro atoms. The standard InChI is InChI=1S/C21H23NO3/c1-14(23)16-10-12-18(13-11-16)25-15(2)21(24)22-20-9-5-7-17-6-3-4-8-19(17)20/h3-4,6,8,10-13,15,20H,5,7,9H2,1-2H3,(H,22,24)/t15-,20-/m0/s1. The minimum atomic E-state index is -0.600. The molecule has 1 aliphatic rings. The van der Waals surface area contributed by atoms with Gasteiger partial charge in [-0.1, -0.05) is 24.3 Å². The smallest absolute Gasteiger partial charge is 0.261 e. The monoisotopic (exact) mass is 337 g/mol. The SMILES string of the molecule is CC(=O)c1ccc(O[C@@H](C)C(=O)N[C@H]2CCCc3ccccc32)cc1. The van der Waals surface area contributed by atoms with Crippen molar-refractivity contribution in [1.29, 1.82) is 0 Å². The van der Waals surface area contributed by atoms with Gasteiger partial charge in [-0.05, 0) is 68.5 Å². The second-order valence-corrected chi connectivity index (χ2v) is 6.49. The highest BCUT2D eigenvalue weighted by Gasteiger charge is 2.24. The van der Waals surface area contributed by atoms with E-state index in [1.165, 1.54) is 18.1 Å². The number of hydrogen-bond acceptors (Lipinski definition) is 3. The fraction of sp³-hybridized carbons (Fsp3) is 0.333. The molecule has 2 aromatic carbocycles. The lowest BCUT2D eigenvalue weighted by atomic mass is 9.87. The number of rotatable bonds is 5. The molecule has 3 rings (SSSR count). The quantitative estimate of drug-likeness (QED) is 0.843. The molecule has 0 fully saturated rings. The number of hydrogen-bond donors (Lipinski definition) is 1. The lowest BCUT2D eigenvalue weighted by Crippen LogP contribution is -2.39. The summed E-state index contributed by atoms with van der Waals surface area (Å²) in [5.41, 5.74) is 3.15. The molecule has 1 aliphatic carbocycles. The van der Waals surface area contributed by atoms with E-state index in [0.717, 1.165) is 19.3 Å². The van der Waals surface area contributed by atoms with Crippen molar-refractivity contribution in [2.45, 2.75) is 45.3 Å². The maximum Gasteiger partial charge on any atom is 0.261 e. The molecule has 4 nitrogen and oxygen atoms in total. The Bertz CT molecular complexity index is 767. The van der Waals surface area contributed by atoms with Gasteiger partial charge in [0, 0.05) is 5.56 Å². The third kappa shape index (κ3) is 4.08. The lowest BCUT2D eigenvalue weighted by Gasteiger charge is -2.27. The highest BCUT2D eigenvalue weighted by atomic mass is 16.5. The molecule has 4 heteroatoms. The van der Waals surface area contributed by atoms with Crippen molar-refractivity contribution < 1.29 is 14.3 Å². The van der Waals surface area contributed by atoms with Gasteiger partial charge in [-0.25, -0.2) is 0 Å². The highest BCUT2D eigenvalue weighted by Crippen LogP contribution is 2.29. The van der Waals surface area contributed by atoms with Gasteiger partial charge in [0.1, 0.15) is 5.75 Å². The Morgan fingerprint density at radius 3 is 2.56 bits per heavy atom. The predicted octanol–water partition coefficient (Wildman–Crippen LogP) is 3.85. The Kier molecular flexibility index (Phi) is 5.17. The van der Waals surface area contributed by atoms with E-state index in [2.05, 4.69) is 17.4 Å². The van der Waals surface area contributed by atoms with Gasteiger partial charge in [-0.15, -0.1) is 0 Å². The predicted molar refractivity (Wildman–Crippen MR) is 96.8 cm³/mol. The number of Topliss-reactive ketones (excluding diaryl/α,β-unsaturated/α-hetero) is 1. The molecule has 1 amide bonds. The van der Waals surface area contributed by atoms with Crippen molar-refractivity contribution in [2.24, 2.45) is 0 Å². The van der Waals surface area contributed by atoms with Crippen molar-refractivity contribution in [1.82, 2.24) is 5.32 Å². The average Bonchev–Trinajstić information content (AvgIpc) is 2.62. The molecule has 1 N–H and O–H groups in total. The minimum absolute atomic E-state index is 0.00769. The molecule has 25 heavy (non-hydrogen) atoms. The molecule has 0 aromatic heterocycles. The molecule has 2 atom stereocenters. The first-order chi connectivity index (χ1) is 12.0. The summed E-state index contributed by atoms with van der Waals surface area (Å²) >= 11 is 0. The summed E-state index contributed by atoms with van der Waals surface area (Å²) in [6.07, 6.45) is 2.49. The van der Waals surface area contributed by atoms with Crippen LogP contribution in [0.1, 0.15) is 54.2 Å². The zero-order valence-corrected chi connectivity index (χ0v) is 14.6. The van der Waals surface area contributed by atoms with Gasteiger partial charge < -0.3 is 10.1 Å². The number of amides is 1. The third-order valence-electron chi connectivity index (χ3n) is 4.63. The van der Waals surface area contributed by atoms with Crippen LogP contribution in [-0.2, 0) is 11.2 Å². The number of ether oxygens (including phenoxy) is 1. The van der Waals surface area contributed by atoms with E-state index < -0.39 is 6.10 Å². The van der Waals surface area contributed by atoms with E-state index in [9.17, 15) is 9.59 Å². The second-order valence-electron chi connectivity index (χ2n) is 6.49. The molecule has 0 saturated carbocycles. The fourth-order valence-electron chi connectivity index (χ4n) is 3.22. The van der Waals surface area contributed by atoms with Crippen LogP contribution in [0.15, 0.2) is 48.5 Å². The van der Waals surface area contributed by atoms with E-state index in [0.29, 0.717) is 11.3 Å². The van der Waals surface area contributed by atoms with Gasteiger partial charge in [0.25, 0.3) is 5.91 Å². The van der Waals surface area contributed by atoms with Crippen LogP contribution in [0.4, 0.5) is 0 Å². The van der Waals surface area contributed by atoms with Crippen molar-refractivity contribution in [3.8, 4) is 5.75 Å². The number of ketones is 1. The summed E-state index contributed by atoms with van der Waals surface area (Å²) in [6, 6.07) is 15.2. The Morgan fingerprint density at radius 2 is 1.84 bits per heavy atom. The van der Waals surface area contributed by atoms with E-state index in [1.54, 1.807) is 31.2 Å². The van der Waals surface area contributed by atoms with Crippen molar-refractivity contribution in [3.63, 3.8) is 0 Å². The van der Waals surface area contributed by atoms with Gasteiger partial charge in [0.15, 0.2) is 11.9 Å². The van der Waals surface area contributed by atoms with Crippen LogP contribution in [-0.4, -0.2) is 17.8 Å². The molecular formula is C21H23NO3. The molecule has 130 valence electrons. The van der Waals surface area contributed by atoms with E-state index >= 15 is 0 Å². The summed E-state index contributed by atoms with van der Waals surface area (Å²) < 4.78 is 5.72. The first-order valence-electron chi connectivity index (χ1n) is 8.70. The van der Waals surface area contributed by atoms with Crippen LogP contribution < -0.4 is 10.1 Å². The van der Waals surface area contributed by atoms with Crippen LogP contribution in [0.5, 0.6) is 5.75 Å². The van der Waals surface area contributed by atoms with Gasteiger partial charge >= 0.3 is 0 Å². The van der Waals surface area contributed by atoms with Crippen LogP contribution in [0.3, 0.4) is 0 Å². The Hall–Kier alpha value is -2.62. The topological polar surface area (TPSA) is 55.4 Å². The molecule has 0 radical (unpaired) electrons. The van der Waals surface area contributed by atoms with Crippen LogP contribution in [0.2, 0.25) is 0 Å². The number of carbonyl (C=O) groups is 2. The molecule has 0 saturated heterocycles. The normalized spacial score (nSPS) is 17.3. The molecule has 2 aromatic rings. The summed E-state index contributed by atoms with van der Waals surface area (Å²) in [7, 11) is 0. The first-order valence-corrected chi connectivity index (χ1v) is 8.70. The zero-order chi connectivity index (χ0) is 17.8. The molecule has 0 aliphatic heterocycles. The van der Waals surface area contributed by atoms with Crippen molar-refractivity contribution >= 4 is 11.7 Å². The third-order valence-corrected chi connectivity index (χ3v) is 4.63. The highest BCUT2D eigenvalue weighted by molar-refractivity contribution is 5.94. The number of nitrogens with one attached hydrogen (secondary N) is 1. The number of fused-ring (bicyclic) bond motifs is 1. The summed E-state index contributed by atoms with van der Waals surface area (Å²) in [5, 5.41) is 3.11. The van der Waals surface area contributed by atoms with E-state index in [1.807, 2.05) is 12.1 Å². The molecule has 0 unspecified atom stereocenters. The van der Waals surface area contributed by atoms with E-state index in [4.69, 9.17) is 4.74 Å². The van der Waals surface area contributed by atoms with Gasteiger partial charge in [0.05, 0.1) is 6.04 Å². The summed E-state index contributed by atoms with van der Waals surface area (Å²) in [5.74, 6) is 0.461. The minimum Gasteiger partial charge on any atom is -0.481 e.